The Labute approximate surface area is 144 Å². The predicted octanol–water partition coefficient (Wildman–Crippen LogP) is 1.70. The van der Waals surface area contributed by atoms with Crippen molar-refractivity contribution in [1.82, 2.24) is 19.4 Å². The van der Waals surface area contributed by atoms with Gasteiger partial charge in [0.25, 0.3) is 0 Å². The van der Waals surface area contributed by atoms with E-state index in [1.165, 1.54) is 0 Å². The van der Waals surface area contributed by atoms with Crippen molar-refractivity contribution in [2.45, 2.75) is 44.8 Å². The lowest BCUT2D eigenvalue weighted by Crippen LogP contribution is -2.40. The summed E-state index contributed by atoms with van der Waals surface area (Å²) in [5.74, 6) is 0.729. The number of nitrogens with zero attached hydrogens (tertiary/aromatic N) is 3. The zero-order valence-electron chi connectivity index (χ0n) is 13.9. The lowest BCUT2D eigenvalue weighted by Gasteiger charge is -2.24. The van der Waals surface area contributed by atoms with Crippen molar-refractivity contribution in [2.24, 2.45) is 0 Å². The van der Waals surface area contributed by atoms with Crippen LogP contribution in [-0.4, -0.2) is 26.1 Å². The highest BCUT2D eigenvalue weighted by Crippen LogP contribution is 2.14. The molecule has 0 fully saturated rings. The van der Waals surface area contributed by atoms with Gasteiger partial charge in [-0.3, -0.25) is 9.36 Å². The van der Waals surface area contributed by atoms with E-state index in [0.29, 0.717) is 25.0 Å². The Morgan fingerprint density at radius 1 is 1.36 bits per heavy atom. The average molecular weight is 340 g/mol. The fourth-order valence-corrected chi connectivity index (χ4v) is 3.41. The maximum Gasteiger partial charge on any atom is 0.419 e. The number of hydrogen-bond acceptors (Lipinski definition) is 4. The molecule has 1 aliphatic heterocycles. The van der Waals surface area contributed by atoms with Gasteiger partial charge in [-0.25, -0.2) is 9.78 Å². The van der Waals surface area contributed by atoms with Gasteiger partial charge in [0.1, 0.15) is 5.82 Å². The molecule has 7 heteroatoms. The lowest BCUT2D eigenvalue weighted by atomic mass is 10.1. The van der Waals surface area contributed by atoms with Crippen molar-refractivity contribution in [3.8, 4) is 0 Å². The number of para-hydroxylation sites is 2. The molecule has 1 aromatic carbocycles. The molecule has 7 nitrogen and oxygen atoms in total. The molecule has 3 heterocycles. The van der Waals surface area contributed by atoms with Gasteiger partial charge in [0.15, 0.2) is 5.58 Å². The normalized spacial score (nSPS) is 16.7. The van der Waals surface area contributed by atoms with Crippen LogP contribution in [-0.2, 0) is 24.3 Å². The summed E-state index contributed by atoms with van der Waals surface area (Å²) in [6.45, 7) is 1.24. The SMILES string of the molecule is O=C(CCCn1c(=O)oc2ccccc21)NC1CCc2nccn2C1. The highest BCUT2D eigenvalue weighted by Gasteiger charge is 2.20. The number of amides is 1. The van der Waals surface area contributed by atoms with E-state index in [1.807, 2.05) is 24.4 Å². The molecule has 0 bridgehead atoms. The lowest BCUT2D eigenvalue weighted by molar-refractivity contribution is -0.122. The van der Waals surface area contributed by atoms with Crippen LogP contribution in [0.4, 0.5) is 0 Å². The molecule has 0 saturated heterocycles. The molecule has 1 N–H and O–H groups in total. The number of fused-ring (bicyclic) bond motifs is 2. The van der Waals surface area contributed by atoms with Gasteiger partial charge in [-0.1, -0.05) is 12.1 Å². The molecule has 0 spiro atoms. The van der Waals surface area contributed by atoms with Gasteiger partial charge >= 0.3 is 5.76 Å². The Balaban J connectivity index is 1.31. The van der Waals surface area contributed by atoms with E-state index in [1.54, 1.807) is 16.8 Å². The van der Waals surface area contributed by atoms with Crippen LogP contribution in [0, 0.1) is 0 Å². The molecule has 0 radical (unpaired) electrons. The van der Waals surface area contributed by atoms with Crippen molar-refractivity contribution in [2.75, 3.05) is 0 Å². The Bertz CT molecular complexity index is 953. The monoisotopic (exact) mass is 340 g/mol. The quantitative estimate of drug-likeness (QED) is 0.766. The van der Waals surface area contributed by atoms with Crippen molar-refractivity contribution in [3.63, 3.8) is 0 Å². The molecule has 25 heavy (non-hydrogen) atoms. The summed E-state index contributed by atoms with van der Waals surface area (Å²) >= 11 is 0. The largest absolute Gasteiger partial charge is 0.419 e. The number of nitrogens with one attached hydrogen (secondary N) is 1. The highest BCUT2D eigenvalue weighted by molar-refractivity contribution is 5.76. The molecule has 2 aromatic heterocycles. The summed E-state index contributed by atoms with van der Waals surface area (Å²) in [5, 5.41) is 3.08. The molecular weight excluding hydrogens is 320 g/mol. The highest BCUT2D eigenvalue weighted by atomic mass is 16.4. The molecule has 0 aliphatic carbocycles. The molecule has 1 atom stereocenters. The molecule has 1 unspecified atom stereocenters. The third-order valence-corrected chi connectivity index (χ3v) is 4.66. The van der Waals surface area contributed by atoms with Crippen LogP contribution < -0.4 is 11.1 Å². The second kappa shape index (κ2) is 6.58. The summed E-state index contributed by atoms with van der Waals surface area (Å²) in [6, 6.07) is 7.47. The van der Waals surface area contributed by atoms with Gasteiger partial charge in [-0.2, -0.15) is 0 Å². The number of imidazole rings is 1. The number of carbonyl (C=O) groups is 1. The Kier molecular flexibility index (Phi) is 4.13. The van der Waals surface area contributed by atoms with Crippen LogP contribution >= 0.6 is 0 Å². The Morgan fingerprint density at radius 2 is 2.24 bits per heavy atom. The number of aromatic nitrogens is 3. The number of aryl methyl sites for hydroxylation is 2. The van der Waals surface area contributed by atoms with Crippen LogP contribution in [0.2, 0.25) is 0 Å². The average Bonchev–Trinajstić information content (AvgIpc) is 3.19. The van der Waals surface area contributed by atoms with E-state index < -0.39 is 0 Å². The van der Waals surface area contributed by atoms with Crippen LogP contribution in [0.15, 0.2) is 45.9 Å². The smallest absolute Gasteiger partial charge is 0.408 e. The minimum Gasteiger partial charge on any atom is -0.408 e. The zero-order valence-corrected chi connectivity index (χ0v) is 13.9. The first-order chi connectivity index (χ1) is 12.2. The first kappa shape index (κ1) is 15.7. The number of rotatable bonds is 5. The van der Waals surface area contributed by atoms with Crippen LogP contribution in [0.1, 0.15) is 25.1 Å². The summed E-state index contributed by atoms with van der Waals surface area (Å²) in [4.78, 5) is 28.4. The number of hydrogen-bond donors (Lipinski definition) is 1. The Morgan fingerprint density at radius 3 is 3.16 bits per heavy atom. The van der Waals surface area contributed by atoms with E-state index in [-0.39, 0.29) is 17.7 Å². The second-order valence-electron chi connectivity index (χ2n) is 6.39. The fraction of sp³-hybridized carbons (Fsp3) is 0.389. The third kappa shape index (κ3) is 3.22. The molecule has 130 valence electrons. The summed E-state index contributed by atoms with van der Waals surface area (Å²) in [7, 11) is 0. The zero-order chi connectivity index (χ0) is 17.2. The van der Waals surface area contributed by atoms with Crippen molar-refractivity contribution >= 4 is 17.0 Å². The van der Waals surface area contributed by atoms with E-state index >= 15 is 0 Å². The van der Waals surface area contributed by atoms with E-state index in [9.17, 15) is 9.59 Å². The van der Waals surface area contributed by atoms with Gasteiger partial charge in [0.2, 0.25) is 5.91 Å². The minimum atomic E-state index is -0.374. The first-order valence-corrected chi connectivity index (χ1v) is 8.58. The predicted molar refractivity (Wildman–Crippen MR) is 92.2 cm³/mol. The van der Waals surface area contributed by atoms with Crippen LogP contribution in [0.3, 0.4) is 0 Å². The second-order valence-corrected chi connectivity index (χ2v) is 6.39. The van der Waals surface area contributed by atoms with E-state index in [2.05, 4.69) is 14.9 Å². The van der Waals surface area contributed by atoms with Crippen molar-refractivity contribution in [1.29, 1.82) is 0 Å². The van der Waals surface area contributed by atoms with Gasteiger partial charge in [-0.15, -0.1) is 0 Å². The topological polar surface area (TPSA) is 82.1 Å². The van der Waals surface area contributed by atoms with Gasteiger partial charge < -0.3 is 14.3 Å². The maximum atomic E-state index is 12.2. The fourth-order valence-electron chi connectivity index (χ4n) is 3.41. The number of oxazole rings is 1. The third-order valence-electron chi connectivity index (χ3n) is 4.66. The summed E-state index contributed by atoms with van der Waals surface area (Å²) < 4.78 is 8.88. The number of benzene rings is 1. The van der Waals surface area contributed by atoms with Gasteiger partial charge in [-0.05, 0) is 25.0 Å². The van der Waals surface area contributed by atoms with Crippen LogP contribution in [0.5, 0.6) is 0 Å². The first-order valence-electron chi connectivity index (χ1n) is 8.58. The van der Waals surface area contributed by atoms with Gasteiger partial charge in [0.05, 0.1) is 5.52 Å². The van der Waals surface area contributed by atoms with E-state index in [0.717, 1.165) is 30.7 Å². The maximum absolute atomic E-state index is 12.2. The molecule has 1 aliphatic rings. The molecular formula is C18H20N4O3. The molecule has 4 rings (SSSR count). The van der Waals surface area contributed by atoms with Gasteiger partial charge in [0, 0.05) is 44.4 Å². The van der Waals surface area contributed by atoms with Crippen molar-refractivity contribution < 1.29 is 9.21 Å². The molecule has 3 aromatic rings. The molecule has 0 saturated carbocycles. The van der Waals surface area contributed by atoms with Crippen LogP contribution in [0.25, 0.3) is 11.1 Å². The Hall–Kier alpha value is -2.83. The standard InChI is InChI=1S/C18H20N4O3/c23-17(20-13-7-8-16-19-9-11-21(16)12-13)6-3-10-22-14-4-1-2-5-15(14)25-18(22)24/h1-2,4-5,9,11,13H,3,6-8,10,12H2,(H,20,23). The minimum absolute atomic E-state index is 0.0226. The summed E-state index contributed by atoms with van der Waals surface area (Å²) in [5.41, 5.74) is 1.35. The van der Waals surface area contributed by atoms with E-state index in [4.69, 9.17) is 4.42 Å². The number of carbonyl (C=O) groups excluding carboxylic acids is 1. The van der Waals surface area contributed by atoms with Crippen molar-refractivity contribution in [3.05, 3.63) is 53.0 Å². The summed E-state index contributed by atoms with van der Waals surface area (Å²) in [6.07, 6.45) is 6.52. The molecule has 1 amide bonds.